The van der Waals surface area contributed by atoms with E-state index in [1.165, 1.54) is 6.33 Å². The maximum atomic E-state index is 13.0. The average Bonchev–Trinajstić information content (AvgIpc) is 3.55. The van der Waals surface area contributed by atoms with Gasteiger partial charge in [-0.25, -0.2) is 19.6 Å². The monoisotopic (exact) mass is 547 g/mol. The first-order valence-corrected chi connectivity index (χ1v) is 12.7. The van der Waals surface area contributed by atoms with Gasteiger partial charge < -0.3 is 11.1 Å². The van der Waals surface area contributed by atoms with Gasteiger partial charge >= 0.3 is 6.18 Å². The van der Waals surface area contributed by atoms with Crippen LogP contribution in [0.1, 0.15) is 53.0 Å². The van der Waals surface area contributed by atoms with Crippen LogP contribution < -0.4 is 11.1 Å². The van der Waals surface area contributed by atoms with Gasteiger partial charge in [0.1, 0.15) is 23.7 Å². The van der Waals surface area contributed by atoms with Crippen LogP contribution >= 0.6 is 0 Å². The zero-order valence-corrected chi connectivity index (χ0v) is 21.4. The number of benzene rings is 1. The Morgan fingerprint density at radius 2 is 1.93 bits per heavy atom. The van der Waals surface area contributed by atoms with E-state index in [1.54, 1.807) is 24.3 Å². The molecule has 5 aromatic rings. The van der Waals surface area contributed by atoms with Crippen LogP contribution in [0.15, 0.2) is 55.1 Å². The molecule has 6 rings (SSSR count). The van der Waals surface area contributed by atoms with Gasteiger partial charge in [0.05, 0.1) is 22.7 Å². The minimum absolute atomic E-state index is 0.0698. The van der Waals surface area contributed by atoms with Gasteiger partial charge in [0, 0.05) is 35.6 Å². The Hall–Kier alpha value is -4.81. The molecule has 1 unspecified atom stereocenters. The average molecular weight is 548 g/mol. The molecular formula is C27H24F3N9O. The van der Waals surface area contributed by atoms with Crippen molar-refractivity contribution < 1.29 is 18.0 Å². The van der Waals surface area contributed by atoms with Crippen LogP contribution in [0.3, 0.4) is 0 Å². The molecule has 40 heavy (non-hydrogen) atoms. The van der Waals surface area contributed by atoms with E-state index in [0.29, 0.717) is 22.3 Å². The van der Waals surface area contributed by atoms with Crippen LogP contribution in [-0.4, -0.2) is 40.4 Å². The van der Waals surface area contributed by atoms with Gasteiger partial charge in [0.25, 0.3) is 5.91 Å². The highest BCUT2D eigenvalue weighted by Gasteiger charge is 2.31. The number of hydrogen-bond donors (Lipinski definition) is 2. The fourth-order valence-corrected chi connectivity index (χ4v) is 5.04. The van der Waals surface area contributed by atoms with Crippen molar-refractivity contribution in [1.82, 2.24) is 34.5 Å². The van der Waals surface area contributed by atoms with Crippen molar-refractivity contribution in [2.24, 2.45) is 0 Å². The Kier molecular flexibility index (Phi) is 6.20. The third kappa shape index (κ3) is 4.52. The molecule has 0 radical (unpaired) electrons. The summed E-state index contributed by atoms with van der Waals surface area (Å²) in [6.45, 7) is 2.81. The highest BCUT2D eigenvalue weighted by Crippen LogP contribution is 2.38. The summed E-state index contributed by atoms with van der Waals surface area (Å²) in [7, 11) is 0. The van der Waals surface area contributed by atoms with Crippen molar-refractivity contribution in [1.29, 1.82) is 0 Å². The zero-order chi connectivity index (χ0) is 28.0. The molecule has 0 saturated carbocycles. The van der Waals surface area contributed by atoms with E-state index in [1.807, 2.05) is 16.3 Å². The molecule has 4 heterocycles. The number of carbonyl (C=O) groups is 1. The molecule has 10 nitrogen and oxygen atoms in total. The largest absolute Gasteiger partial charge is 0.416 e. The number of nitrogens with zero attached hydrogens (tertiary/aromatic N) is 7. The number of carbonyl (C=O) groups excluding carboxylic acids is 1. The number of nitrogens with two attached hydrogens (primary N) is 1. The first-order valence-electron chi connectivity index (χ1n) is 12.7. The lowest BCUT2D eigenvalue weighted by molar-refractivity contribution is -0.137. The minimum atomic E-state index is -4.54. The molecule has 0 bridgehead atoms. The maximum absolute atomic E-state index is 13.0. The lowest BCUT2D eigenvalue weighted by Gasteiger charge is -2.22. The van der Waals surface area contributed by atoms with Crippen molar-refractivity contribution in [2.75, 3.05) is 11.1 Å². The van der Waals surface area contributed by atoms with E-state index >= 15 is 0 Å². The molecule has 204 valence electrons. The van der Waals surface area contributed by atoms with E-state index in [2.05, 4.69) is 26.5 Å². The molecule has 1 aromatic carbocycles. The lowest BCUT2D eigenvalue weighted by atomic mass is 9.93. The first kappa shape index (κ1) is 25.5. The molecule has 1 amide bonds. The van der Waals surface area contributed by atoms with Crippen LogP contribution in [0.2, 0.25) is 0 Å². The Morgan fingerprint density at radius 3 is 2.67 bits per heavy atom. The summed E-state index contributed by atoms with van der Waals surface area (Å²) in [5.74, 6) is -0.514. The summed E-state index contributed by atoms with van der Waals surface area (Å²) < 4.78 is 42.8. The quantitative estimate of drug-likeness (QED) is 0.321. The Morgan fingerprint density at radius 1 is 1.12 bits per heavy atom. The molecule has 3 N–H and O–H groups in total. The van der Waals surface area contributed by atoms with Crippen molar-refractivity contribution in [3.63, 3.8) is 0 Å². The number of fused-ring (bicyclic) bond motifs is 2. The van der Waals surface area contributed by atoms with Gasteiger partial charge in [0.15, 0.2) is 5.65 Å². The number of rotatable bonds is 5. The van der Waals surface area contributed by atoms with Crippen LogP contribution in [0, 0.1) is 0 Å². The Balaban J connectivity index is 1.33. The summed E-state index contributed by atoms with van der Waals surface area (Å²) in [5.41, 5.74) is 9.63. The normalized spacial score (nSPS) is 15.2. The standard InChI is InChI=1S/C27H24F3N9O/c1-2-38-13-18-19(36-38)4-3-5-20(18)39-25-22(24(31)33-14-34-25)23(37-39)15-6-8-16(9-7-15)26(40)35-21-12-17(10-11-32-21)27(28,29)30/h6-14,20H,2-5H2,1H3,(H2,31,33,34)(H,32,35,40). The fraction of sp³-hybridized carbons (Fsp3) is 0.259. The SMILES string of the molecule is CCn1cc2c(n1)CCCC2n1nc(-c2ccc(C(=O)Nc3cc(C(F)(F)F)ccn3)cc2)c2c(N)ncnc21. The summed E-state index contributed by atoms with van der Waals surface area (Å²) >= 11 is 0. The summed E-state index contributed by atoms with van der Waals surface area (Å²) in [6.07, 6.45) is 2.65. The van der Waals surface area contributed by atoms with Crippen LogP contribution in [0.4, 0.5) is 24.8 Å². The Labute approximate surface area is 226 Å². The topological polar surface area (TPSA) is 129 Å². The summed E-state index contributed by atoms with van der Waals surface area (Å²) in [6, 6.07) is 8.09. The van der Waals surface area contributed by atoms with E-state index in [9.17, 15) is 18.0 Å². The number of amides is 1. The second-order valence-electron chi connectivity index (χ2n) is 9.50. The molecule has 4 aromatic heterocycles. The van der Waals surface area contributed by atoms with Crippen LogP contribution in [0.5, 0.6) is 0 Å². The molecule has 1 atom stereocenters. The third-order valence-corrected chi connectivity index (χ3v) is 7.01. The highest BCUT2D eigenvalue weighted by molar-refractivity contribution is 6.04. The van der Waals surface area contributed by atoms with Crippen LogP contribution in [-0.2, 0) is 19.1 Å². The van der Waals surface area contributed by atoms with E-state index in [0.717, 1.165) is 55.4 Å². The molecule has 13 heteroatoms. The molecular weight excluding hydrogens is 523 g/mol. The van der Waals surface area contributed by atoms with Gasteiger partial charge in [0.2, 0.25) is 0 Å². The van der Waals surface area contributed by atoms with Crippen molar-refractivity contribution in [2.45, 2.75) is 44.9 Å². The van der Waals surface area contributed by atoms with Crippen molar-refractivity contribution >= 4 is 28.6 Å². The number of anilines is 2. The molecule has 1 aliphatic rings. The van der Waals surface area contributed by atoms with Crippen molar-refractivity contribution in [3.8, 4) is 11.3 Å². The van der Waals surface area contributed by atoms with Gasteiger partial charge in [-0.05, 0) is 50.5 Å². The predicted molar refractivity (Wildman–Crippen MR) is 141 cm³/mol. The minimum Gasteiger partial charge on any atom is -0.383 e. The molecule has 0 saturated heterocycles. The van der Waals surface area contributed by atoms with Gasteiger partial charge in [-0.2, -0.15) is 23.4 Å². The van der Waals surface area contributed by atoms with Gasteiger partial charge in [-0.3, -0.25) is 9.48 Å². The molecule has 0 fully saturated rings. The lowest BCUT2D eigenvalue weighted by Crippen LogP contribution is -2.18. The number of hydrogen-bond acceptors (Lipinski definition) is 7. The van der Waals surface area contributed by atoms with E-state index in [4.69, 9.17) is 15.9 Å². The van der Waals surface area contributed by atoms with Gasteiger partial charge in [-0.1, -0.05) is 12.1 Å². The number of aryl methyl sites for hydroxylation is 2. The van der Waals surface area contributed by atoms with Crippen molar-refractivity contribution in [3.05, 3.63) is 77.5 Å². The Bertz CT molecular complexity index is 1720. The zero-order valence-electron chi connectivity index (χ0n) is 21.4. The van der Waals surface area contributed by atoms with E-state index < -0.39 is 17.6 Å². The predicted octanol–water partition coefficient (Wildman–Crippen LogP) is 4.88. The second-order valence-corrected chi connectivity index (χ2v) is 9.50. The van der Waals surface area contributed by atoms with Gasteiger partial charge in [-0.15, -0.1) is 0 Å². The molecule has 1 aliphatic carbocycles. The summed E-state index contributed by atoms with van der Waals surface area (Å²) in [4.78, 5) is 25.3. The number of nitrogens with one attached hydrogen (secondary N) is 1. The number of halogens is 3. The number of pyridine rings is 1. The smallest absolute Gasteiger partial charge is 0.383 e. The summed E-state index contributed by atoms with van der Waals surface area (Å²) in [5, 5.41) is 12.6. The number of aromatic nitrogens is 7. The molecule has 0 spiro atoms. The third-order valence-electron chi connectivity index (χ3n) is 7.01. The van der Waals surface area contributed by atoms with Crippen LogP contribution in [0.25, 0.3) is 22.3 Å². The fourth-order valence-electron chi connectivity index (χ4n) is 5.04. The first-order chi connectivity index (χ1) is 19.2. The second kappa shape index (κ2) is 9.74. The highest BCUT2D eigenvalue weighted by atomic mass is 19.4. The van der Waals surface area contributed by atoms with E-state index in [-0.39, 0.29) is 23.2 Å². The maximum Gasteiger partial charge on any atom is 0.416 e. The molecule has 0 aliphatic heterocycles. The number of nitrogen functional groups attached to an aromatic ring is 1. The number of alkyl halides is 3.